The minimum Gasteiger partial charge on any atom is -0.493 e. The van der Waals surface area contributed by atoms with E-state index in [0.29, 0.717) is 35.0 Å². The Kier molecular flexibility index (Phi) is 6.48. The van der Waals surface area contributed by atoms with Gasteiger partial charge in [0.15, 0.2) is 17.2 Å². The summed E-state index contributed by atoms with van der Waals surface area (Å²) in [7, 11) is 1.52. The van der Waals surface area contributed by atoms with Crippen LogP contribution in [0, 0.1) is 0 Å². The molecule has 174 valence electrons. The minimum atomic E-state index is -4.52. The molecule has 4 aromatic rings. The van der Waals surface area contributed by atoms with Gasteiger partial charge in [-0.2, -0.15) is 18.3 Å². The molecular weight excluding hydrogens is 449 g/mol. The SMILES string of the molecule is COc1ccc(NC(=O)c2ccc(-n3ccc(C(F)(F)F)n3)cc2)cc1OCc1ccncc1. The number of hydrogen-bond acceptors (Lipinski definition) is 5. The van der Waals surface area contributed by atoms with Crippen molar-refractivity contribution in [2.75, 3.05) is 12.4 Å². The molecule has 0 saturated heterocycles. The topological polar surface area (TPSA) is 78.3 Å². The lowest BCUT2D eigenvalue weighted by atomic mass is 10.2. The summed E-state index contributed by atoms with van der Waals surface area (Å²) in [6.07, 6.45) is 0.0198. The average molecular weight is 468 g/mol. The second-order valence-electron chi connectivity index (χ2n) is 7.15. The Morgan fingerprint density at radius 2 is 1.74 bits per heavy atom. The highest BCUT2D eigenvalue weighted by molar-refractivity contribution is 6.04. The zero-order chi connectivity index (χ0) is 24.1. The van der Waals surface area contributed by atoms with Gasteiger partial charge in [-0.05, 0) is 60.2 Å². The summed E-state index contributed by atoms with van der Waals surface area (Å²) >= 11 is 0. The van der Waals surface area contributed by atoms with Gasteiger partial charge in [0.05, 0.1) is 12.8 Å². The maximum Gasteiger partial charge on any atom is 0.435 e. The lowest BCUT2D eigenvalue weighted by Crippen LogP contribution is -2.12. The molecule has 0 atom stereocenters. The Labute approximate surface area is 192 Å². The molecule has 0 unspecified atom stereocenters. The van der Waals surface area contributed by atoms with Crippen molar-refractivity contribution >= 4 is 11.6 Å². The lowest BCUT2D eigenvalue weighted by Gasteiger charge is -2.13. The standard InChI is InChI=1S/C24H19F3N4O3/c1-33-20-7-4-18(14-21(20)34-15-16-8-11-28-12-9-16)29-23(32)17-2-5-19(6-3-17)31-13-10-22(30-31)24(25,26)27/h2-14H,15H2,1H3,(H,29,32). The van der Waals surface area contributed by atoms with Crippen molar-refractivity contribution in [3.8, 4) is 17.2 Å². The van der Waals surface area contributed by atoms with Gasteiger partial charge in [0, 0.05) is 35.9 Å². The third kappa shape index (κ3) is 5.34. The fraction of sp³-hybridized carbons (Fsp3) is 0.125. The van der Waals surface area contributed by atoms with Gasteiger partial charge in [-0.25, -0.2) is 4.68 Å². The maximum atomic E-state index is 12.8. The number of anilines is 1. The fourth-order valence-electron chi connectivity index (χ4n) is 3.10. The molecule has 0 aliphatic rings. The molecule has 10 heteroatoms. The molecule has 4 rings (SSSR count). The Bertz CT molecular complexity index is 1270. The number of methoxy groups -OCH3 is 1. The van der Waals surface area contributed by atoms with Gasteiger partial charge in [-0.1, -0.05) is 0 Å². The van der Waals surface area contributed by atoms with Gasteiger partial charge in [0.1, 0.15) is 6.61 Å². The first-order valence-corrected chi connectivity index (χ1v) is 10.1. The Morgan fingerprint density at radius 3 is 2.38 bits per heavy atom. The van der Waals surface area contributed by atoms with Crippen molar-refractivity contribution in [1.82, 2.24) is 14.8 Å². The van der Waals surface area contributed by atoms with Crippen LogP contribution in [0.1, 0.15) is 21.6 Å². The van der Waals surface area contributed by atoms with E-state index < -0.39 is 17.8 Å². The van der Waals surface area contributed by atoms with E-state index in [1.807, 2.05) is 12.1 Å². The normalized spacial score (nSPS) is 11.2. The van der Waals surface area contributed by atoms with E-state index >= 15 is 0 Å². The Hall–Kier alpha value is -4.34. The highest BCUT2D eigenvalue weighted by Crippen LogP contribution is 2.31. The molecule has 0 aliphatic heterocycles. The van der Waals surface area contributed by atoms with Crippen molar-refractivity contribution in [2.24, 2.45) is 0 Å². The van der Waals surface area contributed by atoms with Crippen LogP contribution in [0.2, 0.25) is 0 Å². The molecule has 1 amide bonds. The summed E-state index contributed by atoms with van der Waals surface area (Å²) in [6, 6.07) is 15.6. The summed E-state index contributed by atoms with van der Waals surface area (Å²) < 4.78 is 50.5. The number of rotatable bonds is 7. The minimum absolute atomic E-state index is 0.293. The van der Waals surface area contributed by atoms with Crippen LogP contribution in [0.5, 0.6) is 11.5 Å². The molecule has 7 nitrogen and oxygen atoms in total. The molecule has 2 heterocycles. The van der Waals surface area contributed by atoms with Crippen molar-refractivity contribution in [2.45, 2.75) is 12.8 Å². The first-order chi connectivity index (χ1) is 16.3. The first-order valence-electron chi connectivity index (χ1n) is 10.1. The van der Waals surface area contributed by atoms with Crippen molar-refractivity contribution in [1.29, 1.82) is 0 Å². The maximum absolute atomic E-state index is 12.8. The number of ether oxygens (including phenoxy) is 2. The van der Waals surface area contributed by atoms with Crippen LogP contribution in [-0.4, -0.2) is 27.8 Å². The van der Waals surface area contributed by atoms with Crippen LogP contribution in [-0.2, 0) is 12.8 Å². The van der Waals surface area contributed by atoms with Gasteiger partial charge in [0.2, 0.25) is 0 Å². The van der Waals surface area contributed by atoms with E-state index in [1.165, 1.54) is 37.6 Å². The second-order valence-corrected chi connectivity index (χ2v) is 7.15. The van der Waals surface area contributed by atoms with Gasteiger partial charge in [0.25, 0.3) is 5.91 Å². The number of pyridine rings is 1. The molecule has 0 fully saturated rings. The number of carbonyl (C=O) groups is 1. The summed E-state index contributed by atoms with van der Waals surface area (Å²) in [4.78, 5) is 16.6. The molecule has 2 aromatic carbocycles. The van der Waals surface area contributed by atoms with Crippen LogP contribution in [0.25, 0.3) is 5.69 Å². The van der Waals surface area contributed by atoms with Crippen LogP contribution in [0.4, 0.5) is 18.9 Å². The molecule has 0 radical (unpaired) electrons. The third-order valence-electron chi connectivity index (χ3n) is 4.84. The average Bonchev–Trinajstić information content (AvgIpc) is 3.35. The second kappa shape index (κ2) is 9.65. The predicted molar refractivity (Wildman–Crippen MR) is 118 cm³/mol. The Balaban J connectivity index is 1.45. The number of carbonyl (C=O) groups excluding carboxylic acids is 1. The van der Waals surface area contributed by atoms with E-state index in [1.54, 1.807) is 30.6 Å². The first kappa shape index (κ1) is 22.8. The molecule has 1 N–H and O–H groups in total. The van der Waals surface area contributed by atoms with Crippen molar-refractivity contribution in [3.05, 3.63) is 96.1 Å². The molecule has 0 saturated carbocycles. The van der Waals surface area contributed by atoms with Crippen molar-refractivity contribution < 1.29 is 27.4 Å². The van der Waals surface area contributed by atoms with Crippen LogP contribution in [0.15, 0.2) is 79.3 Å². The van der Waals surface area contributed by atoms with E-state index in [4.69, 9.17) is 9.47 Å². The predicted octanol–water partition coefficient (Wildman–Crippen LogP) is 5.13. The number of nitrogens with one attached hydrogen (secondary N) is 1. The van der Waals surface area contributed by atoms with Gasteiger partial charge >= 0.3 is 6.18 Å². The monoisotopic (exact) mass is 468 g/mol. The zero-order valence-corrected chi connectivity index (χ0v) is 17.9. The summed E-state index contributed by atoms with van der Waals surface area (Å²) in [5.41, 5.74) is 1.13. The molecular formula is C24H19F3N4O3. The summed E-state index contributed by atoms with van der Waals surface area (Å²) in [6.45, 7) is 0.293. The zero-order valence-electron chi connectivity index (χ0n) is 17.9. The van der Waals surface area contributed by atoms with Crippen LogP contribution in [0.3, 0.4) is 0 Å². The summed E-state index contributed by atoms with van der Waals surface area (Å²) in [5, 5.41) is 6.30. The number of hydrogen-bond donors (Lipinski definition) is 1. The highest BCUT2D eigenvalue weighted by Gasteiger charge is 2.33. The number of alkyl halides is 3. The van der Waals surface area contributed by atoms with Crippen LogP contribution < -0.4 is 14.8 Å². The van der Waals surface area contributed by atoms with Gasteiger partial charge < -0.3 is 14.8 Å². The molecule has 2 aromatic heterocycles. The third-order valence-corrected chi connectivity index (χ3v) is 4.84. The van der Waals surface area contributed by atoms with Gasteiger partial charge in [-0.15, -0.1) is 0 Å². The number of nitrogens with zero attached hydrogens (tertiary/aromatic N) is 3. The van der Waals surface area contributed by atoms with Crippen molar-refractivity contribution in [3.63, 3.8) is 0 Å². The van der Waals surface area contributed by atoms with E-state index in [-0.39, 0.29) is 0 Å². The fourth-order valence-corrected chi connectivity index (χ4v) is 3.10. The molecule has 0 spiro atoms. The number of aromatic nitrogens is 3. The van der Waals surface area contributed by atoms with E-state index in [0.717, 1.165) is 16.3 Å². The lowest BCUT2D eigenvalue weighted by molar-refractivity contribution is -0.141. The van der Waals surface area contributed by atoms with E-state index in [9.17, 15) is 18.0 Å². The molecule has 0 bridgehead atoms. The van der Waals surface area contributed by atoms with Gasteiger partial charge in [-0.3, -0.25) is 9.78 Å². The highest BCUT2D eigenvalue weighted by atomic mass is 19.4. The number of halogens is 3. The smallest absolute Gasteiger partial charge is 0.435 e. The van der Waals surface area contributed by atoms with E-state index in [2.05, 4.69) is 15.4 Å². The molecule has 0 aliphatic carbocycles. The molecule has 34 heavy (non-hydrogen) atoms. The largest absolute Gasteiger partial charge is 0.493 e. The van der Waals surface area contributed by atoms with Crippen LogP contribution >= 0.6 is 0 Å². The number of amides is 1. The number of benzene rings is 2. The quantitative estimate of drug-likeness (QED) is 0.407. The Morgan fingerprint density at radius 1 is 1.00 bits per heavy atom. The summed E-state index contributed by atoms with van der Waals surface area (Å²) in [5.74, 6) is 0.564.